The van der Waals surface area contributed by atoms with Gasteiger partial charge in [0.05, 0.1) is 12.5 Å². The van der Waals surface area contributed by atoms with Crippen LogP contribution in [-0.2, 0) is 4.79 Å². The average Bonchev–Trinajstić information content (AvgIpc) is 2.17. The zero-order valence-electron chi connectivity index (χ0n) is 8.97. The van der Waals surface area contributed by atoms with Gasteiger partial charge in [-0.2, -0.15) is 0 Å². The molecule has 2 unspecified atom stereocenters. The molecule has 0 aliphatic carbocycles. The second kappa shape index (κ2) is 4.94. The van der Waals surface area contributed by atoms with Gasteiger partial charge in [-0.3, -0.25) is 4.79 Å². The molecule has 0 aromatic heterocycles. The maximum Gasteiger partial charge on any atom is 0.303 e. The quantitative estimate of drug-likeness (QED) is 0.797. The van der Waals surface area contributed by atoms with Crippen LogP contribution in [0, 0.1) is 12.8 Å². The van der Waals surface area contributed by atoms with Crippen molar-refractivity contribution in [2.24, 2.45) is 5.92 Å². The highest BCUT2D eigenvalue weighted by Crippen LogP contribution is 2.24. The lowest BCUT2D eigenvalue weighted by atomic mass is 9.94. The highest BCUT2D eigenvalue weighted by atomic mass is 16.4. The summed E-state index contributed by atoms with van der Waals surface area (Å²) < 4.78 is 0. The van der Waals surface area contributed by atoms with Gasteiger partial charge in [-0.25, -0.2) is 0 Å². The summed E-state index contributed by atoms with van der Waals surface area (Å²) >= 11 is 0. The molecular formula is C12H16O3. The molecule has 0 saturated carbocycles. The molecule has 2 atom stereocenters. The number of hydrogen-bond donors (Lipinski definition) is 2. The molecule has 2 N–H and O–H groups in total. The third-order valence-electron chi connectivity index (χ3n) is 2.45. The molecule has 0 radical (unpaired) electrons. The van der Waals surface area contributed by atoms with Gasteiger partial charge in [-0.15, -0.1) is 0 Å². The Hall–Kier alpha value is -1.35. The first-order valence-corrected chi connectivity index (χ1v) is 4.97. The molecule has 0 heterocycles. The second-order valence-corrected chi connectivity index (χ2v) is 3.93. The number of aliphatic hydroxyl groups is 1. The Labute approximate surface area is 89.4 Å². The average molecular weight is 208 g/mol. The molecule has 0 amide bonds. The van der Waals surface area contributed by atoms with Crippen molar-refractivity contribution in [3.8, 4) is 0 Å². The Morgan fingerprint density at radius 3 is 2.33 bits per heavy atom. The smallest absolute Gasteiger partial charge is 0.303 e. The summed E-state index contributed by atoms with van der Waals surface area (Å²) in [6, 6.07) is 7.48. The molecule has 0 aliphatic heterocycles. The number of carbonyl (C=O) groups is 1. The van der Waals surface area contributed by atoms with Gasteiger partial charge in [0.1, 0.15) is 0 Å². The number of carboxylic acids is 1. The van der Waals surface area contributed by atoms with E-state index in [1.807, 2.05) is 31.2 Å². The molecule has 3 heteroatoms. The number of aliphatic hydroxyl groups excluding tert-OH is 1. The number of hydrogen-bond acceptors (Lipinski definition) is 2. The van der Waals surface area contributed by atoms with E-state index < -0.39 is 12.1 Å². The maximum atomic E-state index is 10.5. The Balaban J connectivity index is 2.71. The first-order chi connectivity index (χ1) is 7.00. The largest absolute Gasteiger partial charge is 0.481 e. The monoisotopic (exact) mass is 208 g/mol. The van der Waals surface area contributed by atoms with Gasteiger partial charge >= 0.3 is 5.97 Å². The molecule has 0 fully saturated rings. The normalized spacial score (nSPS) is 14.6. The Bertz CT molecular complexity index is 329. The second-order valence-electron chi connectivity index (χ2n) is 3.93. The van der Waals surface area contributed by atoms with E-state index in [9.17, 15) is 9.90 Å². The van der Waals surface area contributed by atoms with Crippen LogP contribution in [0.15, 0.2) is 24.3 Å². The van der Waals surface area contributed by atoms with Gasteiger partial charge in [-0.1, -0.05) is 36.8 Å². The van der Waals surface area contributed by atoms with Crippen LogP contribution >= 0.6 is 0 Å². The summed E-state index contributed by atoms with van der Waals surface area (Å²) in [4.78, 5) is 10.5. The van der Waals surface area contributed by atoms with Gasteiger partial charge < -0.3 is 10.2 Å². The molecule has 0 saturated heterocycles. The van der Waals surface area contributed by atoms with E-state index in [0.717, 1.165) is 11.1 Å². The fraction of sp³-hybridized carbons (Fsp3) is 0.417. The summed E-state index contributed by atoms with van der Waals surface area (Å²) in [6.45, 7) is 3.70. The molecule has 3 nitrogen and oxygen atoms in total. The molecule has 0 aliphatic rings. The van der Waals surface area contributed by atoms with Crippen LogP contribution in [0.2, 0.25) is 0 Å². The van der Waals surface area contributed by atoms with Crippen LogP contribution in [0.25, 0.3) is 0 Å². The van der Waals surface area contributed by atoms with Crippen molar-refractivity contribution in [1.29, 1.82) is 0 Å². The van der Waals surface area contributed by atoms with E-state index >= 15 is 0 Å². The van der Waals surface area contributed by atoms with Gasteiger partial charge in [0, 0.05) is 0 Å². The van der Waals surface area contributed by atoms with Crippen LogP contribution in [-0.4, -0.2) is 16.2 Å². The molecule has 0 spiro atoms. The van der Waals surface area contributed by atoms with Crippen molar-refractivity contribution in [2.75, 3.05) is 0 Å². The maximum absolute atomic E-state index is 10.5. The van der Waals surface area contributed by atoms with Crippen LogP contribution in [0.5, 0.6) is 0 Å². The van der Waals surface area contributed by atoms with Crippen molar-refractivity contribution < 1.29 is 15.0 Å². The zero-order chi connectivity index (χ0) is 11.4. The summed E-state index contributed by atoms with van der Waals surface area (Å²) in [5.41, 5.74) is 1.89. The van der Waals surface area contributed by atoms with E-state index in [1.165, 1.54) is 0 Å². The third kappa shape index (κ3) is 3.36. The molecular weight excluding hydrogens is 192 g/mol. The van der Waals surface area contributed by atoms with Gasteiger partial charge in [0.15, 0.2) is 0 Å². The van der Waals surface area contributed by atoms with Crippen LogP contribution in [0.1, 0.15) is 30.6 Å². The fourth-order valence-electron chi connectivity index (χ4n) is 1.48. The predicted molar refractivity (Wildman–Crippen MR) is 57.6 cm³/mol. The lowest BCUT2D eigenvalue weighted by Crippen LogP contribution is -2.13. The molecule has 82 valence electrons. The van der Waals surface area contributed by atoms with Crippen LogP contribution in [0.3, 0.4) is 0 Å². The standard InChI is InChI=1S/C12H16O3/c1-8-3-5-10(6-4-8)12(15)9(2)7-11(13)14/h3-6,9,12,15H,7H2,1-2H3,(H,13,14). The number of carboxylic acid groups (broad SMARTS) is 1. The van der Waals surface area contributed by atoms with Crippen LogP contribution in [0.4, 0.5) is 0 Å². The zero-order valence-corrected chi connectivity index (χ0v) is 8.97. The third-order valence-corrected chi connectivity index (χ3v) is 2.45. The predicted octanol–water partition coefficient (Wildman–Crippen LogP) is 2.14. The SMILES string of the molecule is Cc1ccc(C(O)C(C)CC(=O)O)cc1. The van der Waals surface area contributed by atoms with Crippen molar-refractivity contribution in [3.63, 3.8) is 0 Å². The van der Waals surface area contributed by atoms with Gasteiger partial charge in [0.2, 0.25) is 0 Å². The number of benzene rings is 1. The first-order valence-electron chi connectivity index (χ1n) is 4.97. The van der Waals surface area contributed by atoms with E-state index in [-0.39, 0.29) is 12.3 Å². The summed E-state index contributed by atoms with van der Waals surface area (Å²) in [7, 11) is 0. The Morgan fingerprint density at radius 1 is 1.33 bits per heavy atom. The molecule has 0 bridgehead atoms. The number of rotatable bonds is 4. The lowest BCUT2D eigenvalue weighted by Gasteiger charge is -2.17. The van der Waals surface area contributed by atoms with Crippen molar-refractivity contribution in [3.05, 3.63) is 35.4 Å². The fourth-order valence-corrected chi connectivity index (χ4v) is 1.48. The van der Waals surface area contributed by atoms with Crippen molar-refractivity contribution >= 4 is 5.97 Å². The topological polar surface area (TPSA) is 57.5 Å². The summed E-state index contributed by atoms with van der Waals surface area (Å²) in [6.07, 6.45) is -0.726. The minimum atomic E-state index is -0.881. The highest BCUT2D eigenvalue weighted by molar-refractivity contribution is 5.67. The minimum absolute atomic E-state index is 0.0188. The Morgan fingerprint density at radius 2 is 1.87 bits per heavy atom. The summed E-state index contributed by atoms with van der Waals surface area (Å²) in [5.74, 6) is -1.15. The molecule has 1 aromatic carbocycles. The van der Waals surface area contributed by atoms with E-state index in [1.54, 1.807) is 6.92 Å². The van der Waals surface area contributed by atoms with E-state index in [0.29, 0.717) is 0 Å². The number of aryl methyl sites for hydroxylation is 1. The number of aliphatic carboxylic acids is 1. The first kappa shape index (κ1) is 11.7. The van der Waals surface area contributed by atoms with E-state index in [2.05, 4.69) is 0 Å². The van der Waals surface area contributed by atoms with Gasteiger partial charge in [-0.05, 0) is 18.4 Å². The highest BCUT2D eigenvalue weighted by Gasteiger charge is 2.18. The molecule has 1 rings (SSSR count). The lowest BCUT2D eigenvalue weighted by molar-refractivity contribution is -0.139. The molecule has 1 aromatic rings. The van der Waals surface area contributed by atoms with Crippen LogP contribution < -0.4 is 0 Å². The van der Waals surface area contributed by atoms with E-state index in [4.69, 9.17) is 5.11 Å². The molecule has 15 heavy (non-hydrogen) atoms. The van der Waals surface area contributed by atoms with Crippen molar-refractivity contribution in [2.45, 2.75) is 26.4 Å². The Kier molecular flexibility index (Phi) is 3.86. The minimum Gasteiger partial charge on any atom is -0.481 e. The van der Waals surface area contributed by atoms with Crippen molar-refractivity contribution in [1.82, 2.24) is 0 Å². The summed E-state index contributed by atoms with van der Waals surface area (Å²) in [5, 5.41) is 18.5. The van der Waals surface area contributed by atoms with Gasteiger partial charge in [0.25, 0.3) is 0 Å².